The molecule has 0 saturated heterocycles. The van der Waals surface area contributed by atoms with Crippen LogP contribution in [0.15, 0.2) is 53.6 Å². The molecule has 0 spiro atoms. The summed E-state index contributed by atoms with van der Waals surface area (Å²) in [6, 6.07) is 14.1. The average Bonchev–Trinajstić information content (AvgIpc) is 3.11. The summed E-state index contributed by atoms with van der Waals surface area (Å²) >= 11 is 0. The summed E-state index contributed by atoms with van der Waals surface area (Å²) < 4.78 is 17.5. The maximum absolute atomic E-state index is 12.5. The number of rotatable bonds is 8. The van der Waals surface area contributed by atoms with Gasteiger partial charge in [-0.15, -0.1) is 0 Å². The number of hydrazone groups is 1. The normalized spacial score (nSPS) is 10.8. The third-order valence-corrected chi connectivity index (χ3v) is 5.09. The van der Waals surface area contributed by atoms with Crippen molar-refractivity contribution in [2.75, 3.05) is 20.8 Å². The van der Waals surface area contributed by atoms with Gasteiger partial charge in [0.1, 0.15) is 11.5 Å². The van der Waals surface area contributed by atoms with Crippen LogP contribution in [-0.4, -0.2) is 43.5 Å². The molecular formula is C25H27N3O5. The molecule has 1 aromatic heterocycles. The second-order valence-electron chi connectivity index (χ2n) is 7.23. The van der Waals surface area contributed by atoms with Gasteiger partial charge in [0.25, 0.3) is 5.91 Å². The van der Waals surface area contributed by atoms with Crippen molar-refractivity contribution in [1.82, 2.24) is 9.99 Å². The zero-order valence-electron chi connectivity index (χ0n) is 19.3. The van der Waals surface area contributed by atoms with Crippen LogP contribution in [0.5, 0.6) is 11.5 Å². The molecule has 1 amide bonds. The number of carbonyl (C=O) groups excluding carboxylic acids is 2. The fraction of sp³-hybridized carbons (Fsp3) is 0.240. The predicted molar refractivity (Wildman–Crippen MR) is 126 cm³/mol. The molecule has 2 aromatic carbocycles. The Hall–Kier alpha value is -4.07. The van der Waals surface area contributed by atoms with Crippen molar-refractivity contribution in [3.8, 4) is 17.2 Å². The molecule has 8 nitrogen and oxygen atoms in total. The van der Waals surface area contributed by atoms with Gasteiger partial charge in [-0.05, 0) is 63.2 Å². The van der Waals surface area contributed by atoms with E-state index >= 15 is 0 Å². The highest BCUT2D eigenvalue weighted by atomic mass is 16.5. The highest BCUT2D eigenvalue weighted by molar-refractivity contribution is 5.96. The van der Waals surface area contributed by atoms with E-state index in [4.69, 9.17) is 14.2 Å². The molecule has 0 saturated carbocycles. The number of hydrogen-bond acceptors (Lipinski definition) is 6. The van der Waals surface area contributed by atoms with Crippen LogP contribution in [0.2, 0.25) is 0 Å². The number of carbonyl (C=O) groups is 2. The quantitative estimate of drug-likeness (QED) is 0.318. The van der Waals surface area contributed by atoms with E-state index in [9.17, 15) is 9.59 Å². The minimum Gasteiger partial charge on any atom is -0.497 e. The van der Waals surface area contributed by atoms with Crippen LogP contribution < -0.4 is 14.9 Å². The third kappa shape index (κ3) is 5.41. The van der Waals surface area contributed by atoms with Crippen molar-refractivity contribution in [3.05, 3.63) is 76.6 Å². The van der Waals surface area contributed by atoms with E-state index in [1.54, 1.807) is 43.5 Å². The Morgan fingerprint density at radius 2 is 1.61 bits per heavy atom. The van der Waals surface area contributed by atoms with Gasteiger partial charge in [0.2, 0.25) is 0 Å². The van der Waals surface area contributed by atoms with Gasteiger partial charge in [0.05, 0.1) is 32.6 Å². The predicted octanol–water partition coefficient (Wildman–Crippen LogP) is 4.05. The summed E-state index contributed by atoms with van der Waals surface area (Å²) in [6.45, 7) is 6.05. The Balaban J connectivity index is 1.76. The van der Waals surface area contributed by atoms with Crippen molar-refractivity contribution in [2.24, 2.45) is 5.10 Å². The minimum atomic E-state index is -0.383. The maximum Gasteiger partial charge on any atom is 0.338 e. The summed E-state index contributed by atoms with van der Waals surface area (Å²) in [5, 5.41) is 4.11. The molecule has 0 aliphatic carbocycles. The fourth-order valence-corrected chi connectivity index (χ4v) is 3.44. The first-order valence-corrected chi connectivity index (χ1v) is 10.4. The zero-order chi connectivity index (χ0) is 24.0. The van der Waals surface area contributed by atoms with Crippen LogP contribution in [0.4, 0.5) is 0 Å². The maximum atomic E-state index is 12.5. The average molecular weight is 450 g/mol. The summed E-state index contributed by atoms with van der Waals surface area (Å²) in [6.07, 6.45) is 1.60. The summed E-state index contributed by atoms with van der Waals surface area (Å²) in [4.78, 5) is 24.4. The molecule has 0 bridgehead atoms. The number of methoxy groups -OCH3 is 2. The SMILES string of the molecule is CCOC(=O)c1ccc(-n2c(C)cc(/C=N\NC(=O)c3cc(OC)cc(OC)c3)c2C)cc1. The number of amides is 1. The van der Waals surface area contributed by atoms with E-state index in [1.807, 2.05) is 36.6 Å². The van der Waals surface area contributed by atoms with Gasteiger partial charge in [-0.3, -0.25) is 4.79 Å². The molecule has 0 unspecified atom stereocenters. The summed E-state index contributed by atoms with van der Waals surface area (Å²) in [5.74, 6) is 0.302. The number of nitrogens with one attached hydrogen (secondary N) is 1. The molecule has 0 aliphatic rings. The lowest BCUT2D eigenvalue weighted by Crippen LogP contribution is -2.17. The molecule has 0 aliphatic heterocycles. The van der Waals surface area contributed by atoms with Gasteiger partial charge in [-0.2, -0.15) is 5.10 Å². The first kappa shape index (κ1) is 23.6. The minimum absolute atomic E-state index is 0.334. The van der Waals surface area contributed by atoms with Gasteiger partial charge in [-0.1, -0.05) is 0 Å². The number of hydrogen-bond donors (Lipinski definition) is 1. The van der Waals surface area contributed by atoms with E-state index in [-0.39, 0.29) is 11.9 Å². The zero-order valence-corrected chi connectivity index (χ0v) is 19.3. The number of benzene rings is 2. The molecule has 8 heteroatoms. The largest absolute Gasteiger partial charge is 0.497 e. The van der Waals surface area contributed by atoms with Crippen molar-refractivity contribution >= 4 is 18.1 Å². The number of nitrogens with zero attached hydrogens (tertiary/aromatic N) is 2. The molecule has 33 heavy (non-hydrogen) atoms. The standard InChI is InChI=1S/C25H27N3O5/c1-6-33-25(30)18-7-9-21(10-8-18)28-16(2)11-20(17(28)3)15-26-27-24(29)19-12-22(31-4)14-23(13-19)32-5/h7-15H,6H2,1-5H3,(H,27,29)/b26-15-. The topological polar surface area (TPSA) is 91.2 Å². The molecule has 0 fully saturated rings. The van der Waals surface area contributed by atoms with Gasteiger partial charge < -0.3 is 18.8 Å². The van der Waals surface area contributed by atoms with E-state index < -0.39 is 0 Å². The van der Waals surface area contributed by atoms with Gasteiger partial charge in [0.15, 0.2) is 0 Å². The Labute approximate surface area is 192 Å². The highest BCUT2D eigenvalue weighted by Crippen LogP contribution is 2.23. The van der Waals surface area contributed by atoms with Gasteiger partial charge in [-0.25, -0.2) is 10.2 Å². The molecular weight excluding hydrogens is 422 g/mol. The molecule has 0 radical (unpaired) electrons. The van der Waals surface area contributed by atoms with Crippen LogP contribution >= 0.6 is 0 Å². The summed E-state index contributed by atoms with van der Waals surface area (Å²) in [7, 11) is 3.05. The number of aryl methyl sites for hydroxylation is 1. The van der Waals surface area contributed by atoms with E-state index in [1.165, 1.54) is 14.2 Å². The van der Waals surface area contributed by atoms with Crippen LogP contribution in [0.1, 0.15) is 44.6 Å². The molecule has 172 valence electrons. The van der Waals surface area contributed by atoms with Crippen LogP contribution in [-0.2, 0) is 4.74 Å². The highest BCUT2D eigenvalue weighted by Gasteiger charge is 2.12. The van der Waals surface area contributed by atoms with Gasteiger partial charge >= 0.3 is 5.97 Å². The first-order chi connectivity index (χ1) is 15.9. The molecule has 3 aromatic rings. The molecule has 0 atom stereocenters. The van der Waals surface area contributed by atoms with Crippen LogP contribution in [0.25, 0.3) is 5.69 Å². The van der Waals surface area contributed by atoms with Crippen molar-refractivity contribution in [1.29, 1.82) is 0 Å². The van der Waals surface area contributed by atoms with Crippen molar-refractivity contribution in [2.45, 2.75) is 20.8 Å². The fourth-order valence-electron chi connectivity index (χ4n) is 3.44. The third-order valence-electron chi connectivity index (χ3n) is 5.09. The first-order valence-electron chi connectivity index (χ1n) is 10.4. The molecule has 3 rings (SSSR count). The number of aromatic nitrogens is 1. The summed E-state index contributed by atoms with van der Waals surface area (Å²) in [5.41, 5.74) is 7.10. The van der Waals surface area contributed by atoms with Crippen molar-refractivity contribution in [3.63, 3.8) is 0 Å². The smallest absolute Gasteiger partial charge is 0.338 e. The van der Waals surface area contributed by atoms with E-state index in [2.05, 4.69) is 10.5 Å². The number of ether oxygens (including phenoxy) is 3. The lowest BCUT2D eigenvalue weighted by atomic mass is 10.2. The second-order valence-corrected chi connectivity index (χ2v) is 7.23. The lowest BCUT2D eigenvalue weighted by Gasteiger charge is -2.10. The van der Waals surface area contributed by atoms with Crippen LogP contribution in [0, 0.1) is 13.8 Å². The second kappa shape index (κ2) is 10.5. The molecule has 1 heterocycles. The van der Waals surface area contributed by atoms with Gasteiger partial charge in [0, 0.05) is 34.3 Å². The Morgan fingerprint density at radius 1 is 0.970 bits per heavy atom. The Kier molecular flexibility index (Phi) is 7.50. The van der Waals surface area contributed by atoms with E-state index in [0.29, 0.717) is 29.2 Å². The lowest BCUT2D eigenvalue weighted by molar-refractivity contribution is 0.0526. The van der Waals surface area contributed by atoms with E-state index in [0.717, 1.165) is 22.6 Å². The number of esters is 1. The Morgan fingerprint density at radius 3 is 2.18 bits per heavy atom. The van der Waals surface area contributed by atoms with Crippen LogP contribution in [0.3, 0.4) is 0 Å². The Bertz CT molecular complexity index is 1160. The van der Waals surface area contributed by atoms with Crippen molar-refractivity contribution < 1.29 is 23.8 Å². The monoisotopic (exact) mass is 449 g/mol. The molecule has 1 N–H and O–H groups in total.